The number of aryl methyl sites for hydroxylation is 1. The molecular weight excluding hydrogens is 250 g/mol. The molecule has 0 aliphatic heterocycles. The van der Waals surface area contributed by atoms with E-state index < -0.39 is 6.10 Å². The third kappa shape index (κ3) is 3.56. The zero-order chi connectivity index (χ0) is 12.3. The number of hydrogen-bond acceptors (Lipinski definition) is 4. The SMILES string of the molecule is Cc1cccc(SCc2ncc(C(C)O)s2)c1. The summed E-state index contributed by atoms with van der Waals surface area (Å²) in [5, 5.41) is 10.5. The summed E-state index contributed by atoms with van der Waals surface area (Å²) in [6.45, 7) is 3.87. The highest BCUT2D eigenvalue weighted by Crippen LogP contribution is 2.27. The molecule has 17 heavy (non-hydrogen) atoms. The quantitative estimate of drug-likeness (QED) is 0.854. The molecule has 90 valence electrons. The molecule has 0 saturated carbocycles. The second-order valence-corrected chi connectivity index (χ2v) is 6.13. The molecule has 0 aliphatic rings. The maximum atomic E-state index is 9.42. The smallest absolute Gasteiger partial charge is 0.103 e. The van der Waals surface area contributed by atoms with E-state index in [4.69, 9.17) is 0 Å². The molecule has 0 aliphatic carbocycles. The van der Waals surface area contributed by atoms with Crippen LogP contribution < -0.4 is 0 Å². The summed E-state index contributed by atoms with van der Waals surface area (Å²) < 4.78 is 0. The van der Waals surface area contributed by atoms with E-state index in [1.165, 1.54) is 10.5 Å². The minimum atomic E-state index is -0.412. The lowest BCUT2D eigenvalue weighted by atomic mass is 10.2. The molecule has 0 radical (unpaired) electrons. The fraction of sp³-hybridized carbons (Fsp3) is 0.308. The van der Waals surface area contributed by atoms with Gasteiger partial charge in [0, 0.05) is 11.1 Å². The first kappa shape index (κ1) is 12.6. The van der Waals surface area contributed by atoms with Crippen molar-refractivity contribution in [3.8, 4) is 0 Å². The number of aliphatic hydroxyl groups excluding tert-OH is 1. The van der Waals surface area contributed by atoms with Crippen molar-refractivity contribution in [2.45, 2.75) is 30.6 Å². The van der Waals surface area contributed by atoms with Crippen molar-refractivity contribution in [2.24, 2.45) is 0 Å². The van der Waals surface area contributed by atoms with E-state index in [1.807, 2.05) is 0 Å². The Hall–Kier alpha value is -0.840. The van der Waals surface area contributed by atoms with Gasteiger partial charge in [0.2, 0.25) is 0 Å². The largest absolute Gasteiger partial charge is 0.388 e. The van der Waals surface area contributed by atoms with Gasteiger partial charge in [-0.2, -0.15) is 0 Å². The van der Waals surface area contributed by atoms with E-state index in [0.717, 1.165) is 15.6 Å². The zero-order valence-corrected chi connectivity index (χ0v) is 11.5. The second-order valence-electron chi connectivity index (χ2n) is 3.94. The summed E-state index contributed by atoms with van der Waals surface area (Å²) in [5.74, 6) is 0.862. The number of rotatable bonds is 4. The Balaban J connectivity index is 1.97. The summed E-state index contributed by atoms with van der Waals surface area (Å²) in [6, 6.07) is 8.45. The maximum Gasteiger partial charge on any atom is 0.103 e. The highest BCUT2D eigenvalue weighted by atomic mass is 32.2. The van der Waals surface area contributed by atoms with Crippen molar-refractivity contribution < 1.29 is 5.11 Å². The number of aromatic nitrogens is 1. The number of nitrogens with zero attached hydrogens (tertiary/aromatic N) is 1. The molecule has 0 spiro atoms. The number of aliphatic hydroxyl groups is 1. The van der Waals surface area contributed by atoms with Crippen LogP contribution in [-0.2, 0) is 5.75 Å². The van der Waals surface area contributed by atoms with Gasteiger partial charge in [-0.1, -0.05) is 17.7 Å². The van der Waals surface area contributed by atoms with E-state index in [1.54, 1.807) is 36.2 Å². The lowest BCUT2D eigenvalue weighted by molar-refractivity contribution is 0.203. The van der Waals surface area contributed by atoms with Crippen LogP contribution in [0.2, 0.25) is 0 Å². The molecule has 1 aromatic carbocycles. The number of hydrogen-bond donors (Lipinski definition) is 1. The number of thiazole rings is 1. The minimum absolute atomic E-state index is 0.412. The predicted octanol–water partition coefficient (Wildman–Crippen LogP) is 3.80. The van der Waals surface area contributed by atoms with Crippen molar-refractivity contribution in [3.05, 3.63) is 45.9 Å². The summed E-state index contributed by atoms with van der Waals surface area (Å²) in [7, 11) is 0. The monoisotopic (exact) mass is 265 g/mol. The van der Waals surface area contributed by atoms with E-state index in [-0.39, 0.29) is 0 Å². The highest BCUT2D eigenvalue weighted by Gasteiger charge is 2.07. The summed E-state index contributed by atoms with van der Waals surface area (Å²) in [4.78, 5) is 6.51. The molecule has 2 aromatic rings. The number of benzene rings is 1. The van der Waals surface area contributed by atoms with Gasteiger partial charge in [0.25, 0.3) is 0 Å². The van der Waals surface area contributed by atoms with E-state index in [9.17, 15) is 5.11 Å². The fourth-order valence-electron chi connectivity index (χ4n) is 1.43. The summed E-state index contributed by atoms with van der Waals surface area (Å²) in [5.41, 5.74) is 1.28. The van der Waals surface area contributed by atoms with Crippen molar-refractivity contribution in [1.29, 1.82) is 0 Å². The average Bonchev–Trinajstić information content (AvgIpc) is 2.75. The number of thioether (sulfide) groups is 1. The standard InChI is InChI=1S/C13H15NOS2/c1-9-4-3-5-11(6-9)16-8-13-14-7-12(17-13)10(2)15/h3-7,10,15H,8H2,1-2H3. The van der Waals surface area contributed by atoms with Crippen LogP contribution in [0.1, 0.15) is 28.5 Å². The van der Waals surface area contributed by atoms with Crippen molar-refractivity contribution in [3.63, 3.8) is 0 Å². The Morgan fingerprint density at radius 2 is 2.29 bits per heavy atom. The predicted molar refractivity (Wildman–Crippen MR) is 73.5 cm³/mol. The lowest BCUT2D eigenvalue weighted by Crippen LogP contribution is -1.83. The van der Waals surface area contributed by atoms with Crippen LogP contribution in [0.5, 0.6) is 0 Å². The van der Waals surface area contributed by atoms with Crippen LogP contribution >= 0.6 is 23.1 Å². The first-order chi connectivity index (χ1) is 8.15. The van der Waals surface area contributed by atoms with Crippen LogP contribution in [0.3, 0.4) is 0 Å². The van der Waals surface area contributed by atoms with Crippen LogP contribution in [0.25, 0.3) is 0 Å². The molecule has 1 atom stereocenters. The highest BCUT2D eigenvalue weighted by molar-refractivity contribution is 7.98. The van der Waals surface area contributed by atoms with Gasteiger partial charge in [0.1, 0.15) is 5.01 Å². The van der Waals surface area contributed by atoms with Crippen molar-refractivity contribution >= 4 is 23.1 Å². The molecule has 0 fully saturated rings. The molecule has 1 N–H and O–H groups in total. The minimum Gasteiger partial charge on any atom is -0.388 e. The van der Waals surface area contributed by atoms with Gasteiger partial charge in [-0.25, -0.2) is 4.98 Å². The van der Waals surface area contributed by atoms with E-state index >= 15 is 0 Å². The average molecular weight is 265 g/mol. The Morgan fingerprint density at radius 3 is 2.94 bits per heavy atom. The van der Waals surface area contributed by atoms with Gasteiger partial charge < -0.3 is 5.11 Å². The second kappa shape index (κ2) is 5.67. The van der Waals surface area contributed by atoms with Crippen LogP contribution in [0.15, 0.2) is 35.4 Å². The Morgan fingerprint density at radius 1 is 1.47 bits per heavy atom. The summed E-state index contributed by atoms with van der Waals surface area (Å²) >= 11 is 3.36. The first-order valence-electron chi connectivity index (χ1n) is 5.47. The van der Waals surface area contributed by atoms with Gasteiger partial charge >= 0.3 is 0 Å². The molecule has 4 heteroatoms. The molecule has 0 amide bonds. The Kier molecular flexibility index (Phi) is 4.20. The van der Waals surface area contributed by atoms with Crippen molar-refractivity contribution in [1.82, 2.24) is 4.98 Å². The first-order valence-corrected chi connectivity index (χ1v) is 7.27. The van der Waals surface area contributed by atoms with Gasteiger partial charge in [-0.05, 0) is 26.0 Å². The maximum absolute atomic E-state index is 9.42. The topological polar surface area (TPSA) is 33.1 Å². The molecule has 2 rings (SSSR count). The molecule has 0 bridgehead atoms. The third-order valence-corrected chi connectivity index (χ3v) is 4.69. The molecule has 1 aromatic heterocycles. The molecule has 0 saturated heterocycles. The zero-order valence-electron chi connectivity index (χ0n) is 9.88. The van der Waals surface area contributed by atoms with Crippen LogP contribution in [0, 0.1) is 6.92 Å². The summed E-state index contributed by atoms with van der Waals surface area (Å²) in [6.07, 6.45) is 1.35. The Bertz CT molecular complexity index is 494. The van der Waals surface area contributed by atoms with Crippen LogP contribution in [0.4, 0.5) is 0 Å². The molecule has 1 unspecified atom stereocenters. The lowest BCUT2D eigenvalue weighted by Gasteiger charge is -2.00. The van der Waals surface area contributed by atoms with Gasteiger partial charge in [-0.3, -0.25) is 0 Å². The van der Waals surface area contributed by atoms with E-state index in [2.05, 4.69) is 36.2 Å². The molecule has 1 heterocycles. The Labute approximate surface area is 110 Å². The van der Waals surface area contributed by atoms with Gasteiger partial charge in [0.15, 0.2) is 0 Å². The van der Waals surface area contributed by atoms with Gasteiger partial charge in [-0.15, -0.1) is 23.1 Å². The van der Waals surface area contributed by atoms with Gasteiger partial charge in [0.05, 0.1) is 16.7 Å². The third-order valence-electron chi connectivity index (χ3n) is 2.34. The molecule has 2 nitrogen and oxygen atoms in total. The fourth-order valence-corrected chi connectivity index (χ4v) is 3.31. The van der Waals surface area contributed by atoms with Crippen molar-refractivity contribution in [2.75, 3.05) is 0 Å². The van der Waals surface area contributed by atoms with Crippen LogP contribution in [-0.4, -0.2) is 10.1 Å². The normalized spacial score (nSPS) is 12.6. The molecular formula is C13H15NOS2. The van der Waals surface area contributed by atoms with E-state index in [0.29, 0.717) is 0 Å².